The fraction of sp³-hybridized carbons (Fsp3) is 0.500. The minimum atomic E-state index is -0.552. The van der Waals surface area contributed by atoms with E-state index in [1.54, 1.807) is 16.0 Å². The van der Waals surface area contributed by atoms with Gasteiger partial charge in [0, 0.05) is 32.5 Å². The number of amides is 2. The number of piperidine rings is 1. The Morgan fingerprint density at radius 3 is 2.77 bits per heavy atom. The highest BCUT2D eigenvalue weighted by Gasteiger charge is 2.44. The van der Waals surface area contributed by atoms with Crippen LogP contribution in [0.5, 0.6) is 5.75 Å². The van der Waals surface area contributed by atoms with Crippen LogP contribution in [0.4, 0.5) is 0 Å². The second kappa shape index (κ2) is 9.45. The zero-order chi connectivity index (χ0) is 21.7. The Balaban J connectivity index is 1.54. The fourth-order valence-corrected chi connectivity index (χ4v) is 4.79. The number of hydrogen-bond acceptors (Lipinski definition) is 5. The van der Waals surface area contributed by atoms with E-state index in [9.17, 15) is 9.59 Å². The number of para-hydroxylation sites is 1. The third kappa shape index (κ3) is 4.70. The van der Waals surface area contributed by atoms with Gasteiger partial charge in [-0.1, -0.05) is 24.6 Å². The van der Waals surface area contributed by atoms with Crippen LogP contribution in [-0.4, -0.2) is 64.9 Å². The van der Waals surface area contributed by atoms with Crippen LogP contribution in [-0.2, 0) is 11.2 Å². The van der Waals surface area contributed by atoms with Gasteiger partial charge in [-0.05, 0) is 43.7 Å². The first-order chi connectivity index (χ1) is 15.1. The number of aryl methyl sites for hydroxylation is 1. The molecule has 7 heteroatoms. The van der Waals surface area contributed by atoms with Gasteiger partial charge in [-0.2, -0.15) is 0 Å². The van der Waals surface area contributed by atoms with Crippen LogP contribution < -0.4 is 4.74 Å². The van der Waals surface area contributed by atoms with Crippen molar-refractivity contribution < 1.29 is 14.3 Å². The summed E-state index contributed by atoms with van der Waals surface area (Å²) in [5, 5.41) is 0. The Morgan fingerprint density at radius 1 is 1.10 bits per heavy atom. The van der Waals surface area contributed by atoms with Gasteiger partial charge in [-0.15, -0.1) is 0 Å². The Labute approximate surface area is 183 Å². The van der Waals surface area contributed by atoms with E-state index in [0.717, 1.165) is 44.3 Å². The van der Waals surface area contributed by atoms with Crippen molar-refractivity contribution in [3.63, 3.8) is 0 Å². The predicted molar refractivity (Wildman–Crippen MR) is 117 cm³/mol. The molecule has 1 saturated heterocycles. The largest absolute Gasteiger partial charge is 0.491 e. The van der Waals surface area contributed by atoms with E-state index in [2.05, 4.69) is 16.0 Å². The van der Waals surface area contributed by atoms with Crippen molar-refractivity contribution in [1.82, 2.24) is 19.8 Å². The van der Waals surface area contributed by atoms with Crippen LogP contribution in [0.1, 0.15) is 48.2 Å². The summed E-state index contributed by atoms with van der Waals surface area (Å²) < 4.78 is 6.00. The molecule has 4 rings (SSSR count). The molecule has 1 aromatic carbocycles. The quantitative estimate of drug-likeness (QED) is 0.706. The topological polar surface area (TPSA) is 75.6 Å². The van der Waals surface area contributed by atoms with Crippen LogP contribution in [0.15, 0.2) is 42.9 Å². The number of fused-ring (bicyclic) bond motifs is 1. The molecule has 0 saturated carbocycles. The maximum Gasteiger partial charge on any atom is 0.274 e. The minimum absolute atomic E-state index is 0.113. The van der Waals surface area contributed by atoms with E-state index in [1.165, 1.54) is 18.0 Å². The highest BCUT2D eigenvalue weighted by Crippen LogP contribution is 2.38. The molecule has 0 N–H and O–H groups in total. The summed E-state index contributed by atoms with van der Waals surface area (Å²) in [5.74, 6) is 0.879. The van der Waals surface area contributed by atoms with Crippen LogP contribution in [0.25, 0.3) is 0 Å². The monoisotopic (exact) mass is 422 g/mol. The maximum atomic E-state index is 13.6. The molecule has 2 aliphatic heterocycles. The first-order valence-corrected chi connectivity index (χ1v) is 11.1. The van der Waals surface area contributed by atoms with Crippen molar-refractivity contribution in [3.05, 3.63) is 54.1 Å². The average molecular weight is 423 g/mol. The van der Waals surface area contributed by atoms with E-state index in [4.69, 9.17) is 4.74 Å². The summed E-state index contributed by atoms with van der Waals surface area (Å²) in [5.41, 5.74) is 0.997. The molecule has 164 valence electrons. The highest BCUT2D eigenvalue weighted by molar-refractivity contribution is 5.93. The molecule has 3 heterocycles. The second-order valence-corrected chi connectivity index (χ2v) is 8.59. The van der Waals surface area contributed by atoms with E-state index in [1.807, 2.05) is 25.2 Å². The molecule has 0 radical (unpaired) electrons. The first-order valence-electron chi connectivity index (χ1n) is 11.1. The number of likely N-dealkylation sites (tertiary alicyclic amines) is 1. The number of likely N-dealkylation sites (N-methyl/N-ethyl adjacent to an activating group) is 1. The standard InChI is InChI=1S/C24H30N4O3/c1-27-15-16-31-21-9-3-2-7-19(21)8-4-5-10-24(23(27)30)11-6-14-28(18-24)22(29)20-17-25-12-13-26-20/h2-3,7,9,12-13,17H,4-6,8,10-11,14-16,18H2,1H3. The lowest BCUT2D eigenvalue weighted by Gasteiger charge is -2.43. The number of nitrogens with zero attached hydrogens (tertiary/aromatic N) is 4. The van der Waals surface area contributed by atoms with Crippen molar-refractivity contribution in [3.8, 4) is 5.75 Å². The van der Waals surface area contributed by atoms with Gasteiger partial charge >= 0.3 is 0 Å². The zero-order valence-corrected chi connectivity index (χ0v) is 18.1. The summed E-state index contributed by atoms with van der Waals surface area (Å²) >= 11 is 0. The molecular weight excluding hydrogens is 392 g/mol. The van der Waals surface area contributed by atoms with Gasteiger partial charge in [-0.3, -0.25) is 14.6 Å². The van der Waals surface area contributed by atoms with Gasteiger partial charge in [0.15, 0.2) is 0 Å². The van der Waals surface area contributed by atoms with Gasteiger partial charge in [0.1, 0.15) is 18.1 Å². The smallest absolute Gasteiger partial charge is 0.274 e. The van der Waals surface area contributed by atoms with Crippen molar-refractivity contribution in [2.45, 2.75) is 38.5 Å². The van der Waals surface area contributed by atoms with Crippen LogP contribution in [0.3, 0.4) is 0 Å². The summed E-state index contributed by atoms with van der Waals surface area (Å²) in [6.45, 7) is 2.05. The Hall–Kier alpha value is -2.96. The Kier molecular flexibility index (Phi) is 6.49. The molecule has 1 spiro atoms. The second-order valence-electron chi connectivity index (χ2n) is 8.59. The lowest BCUT2D eigenvalue weighted by Crippen LogP contribution is -2.54. The summed E-state index contributed by atoms with van der Waals surface area (Å²) in [6, 6.07) is 8.15. The van der Waals surface area contributed by atoms with Crippen molar-refractivity contribution in [1.29, 1.82) is 0 Å². The molecule has 2 amide bonds. The maximum absolute atomic E-state index is 13.6. The van der Waals surface area contributed by atoms with Gasteiger partial charge in [0.05, 0.1) is 18.2 Å². The minimum Gasteiger partial charge on any atom is -0.491 e. The van der Waals surface area contributed by atoms with E-state index in [0.29, 0.717) is 31.9 Å². The molecule has 0 aliphatic carbocycles. The number of rotatable bonds is 1. The van der Waals surface area contributed by atoms with Gasteiger partial charge < -0.3 is 14.5 Å². The van der Waals surface area contributed by atoms with E-state index in [-0.39, 0.29) is 11.8 Å². The molecule has 1 atom stereocenters. The van der Waals surface area contributed by atoms with Crippen LogP contribution >= 0.6 is 0 Å². The van der Waals surface area contributed by atoms with Crippen molar-refractivity contribution >= 4 is 11.8 Å². The fourth-order valence-electron chi connectivity index (χ4n) is 4.79. The number of ether oxygens (including phenoxy) is 1. The molecule has 2 aromatic rings. The molecule has 31 heavy (non-hydrogen) atoms. The molecule has 1 fully saturated rings. The van der Waals surface area contributed by atoms with Crippen molar-refractivity contribution in [2.75, 3.05) is 33.3 Å². The van der Waals surface area contributed by atoms with Gasteiger partial charge in [-0.25, -0.2) is 4.98 Å². The first kappa shape index (κ1) is 21.3. The molecule has 1 aromatic heterocycles. The molecule has 0 bridgehead atoms. The Morgan fingerprint density at radius 2 is 1.94 bits per heavy atom. The van der Waals surface area contributed by atoms with E-state index < -0.39 is 5.41 Å². The number of carbonyl (C=O) groups excluding carboxylic acids is 2. The zero-order valence-electron chi connectivity index (χ0n) is 18.1. The SMILES string of the molecule is CN1CCOc2ccccc2CCCCC2(CCCN(C(=O)c3cnccn3)C2)C1=O. The molecule has 7 nitrogen and oxygen atoms in total. The summed E-state index contributed by atoms with van der Waals surface area (Å²) in [6.07, 6.45) is 9.82. The van der Waals surface area contributed by atoms with Gasteiger partial charge in [0.25, 0.3) is 5.91 Å². The highest BCUT2D eigenvalue weighted by atomic mass is 16.5. The lowest BCUT2D eigenvalue weighted by atomic mass is 9.74. The summed E-state index contributed by atoms with van der Waals surface area (Å²) in [4.78, 5) is 38.3. The molecule has 2 aliphatic rings. The third-order valence-electron chi connectivity index (χ3n) is 6.46. The summed E-state index contributed by atoms with van der Waals surface area (Å²) in [7, 11) is 1.84. The van der Waals surface area contributed by atoms with E-state index >= 15 is 0 Å². The lowest BCUT2D eigenvalue weighted by molar-refractivity contribution is -0.144. The normalized spacial score (nSPS) is 22.8. The molecule has 1 unspecified atom stereocenters. The predicted octanol–water partition coefficient (Wildman–Crippen LogP) is 2.96. The van der Waals surface area contributed by atoms with Crippen LogP contribution in [0.2, 0.25) is 0 Å². The van der Waals surface area contributed by atoms with Crippen molar-refractivity contribution in [2.24, 2.45) is 5.41 Å². The van der Waals surface area contributed by atoms with Crippen LogP contribution in [0, 0.1) is 5.41 Å². The number of aromatic nitrogens is 2. The number of carbonyl (C=O) groups is 2. The number of benzene rings is 1. The molecular formula is C24H30N4O3. The Bertz CT molecular complexity index is 920. The number of hydrogen-bond donors (Lipinski definition) is 0. The third-order valence-corrected chi connectivity index (χ3v) is 6.46. The van der Waals surface area contributed by atoms with Gasteiger partial charge in [0.2, 0.25) is 5.91 Å². The average Bonchev–Trinajstić information content (AvgIpc) is 2.81.